The third-order valence-electron chi connectivity index (χ3n) is 3.28. The summed E-state index contributed by atoms with van der Waals surface area (Å²) in [7, 11) is 6.71. The van der Waals surface area contributed by atoms with Crippen LogP contribution in [-0.2, 0) is 0 Å². The Morgan fingerprint density at radius 3 is 1.70 bits per heavy atom. The Morgan fingerprint density at radius 1 is 0.650 bits per heavy atom. The summed E-state index contributed by atoms with van der Waals surface area (Å²) in [5, 5.41) is 0. The van der Waals surface area contributed by atoms with Gasteiger partial charge in [-0.2, -0.15) is 0 Å². The molecule has 0 fully saturated rings. The predicted molar refractivity (Wildman–Crippen MR) is 90.3 cm³/mol. The van der Waals surface area contributed by atoms with Crippen LogP contribution in [0.5, 0.6) is 0 Å². The molecule has 0 aromatic rings. The van der Waals surface area contributed by atoms with Gasteiger partial charge in [-0.15, -0.1) is 0 Å². The Balaban J connectivity index is 3.37. The van der Waals surface area contributed by atoms with Crippen LogP contribution in [-0.4, -0.2) is 32.2 Å². The van der Waals surface area contributed by atoms with Gasteiger partial charge >= 0.3 is 0 Å². The van der Waals surface area contributed by atoms with E-state index < -0.39 is 0 Å². The van der Waals surface area contributed by atoms with Crippen molar-refractivity contribution in [2.24, 2.45) is 0 Å². The topological polar surface area (TPSA) is 0 Å². The third-order valence-corrected chi connectivity index (χ3v) is 3.28. The zero-order valence-corrected chi connectivity index (χ0v) is 14.2. The van der Waals surface area contributed by atoms with Crippen LogP contribution in [0, 0.1) is 23.7 Å². The van der Waals surface area contributed by atoms with Crippen molar-refractivity contribution in [2.45, 2.75) is 71.1 Å². The molecular weight excluding hydrogens is 242 g/mol. The Bertz CT molecular complexity index is 327. The summed E-state index contributed by atoms with van der Waals surface area (Å²) in [6.07, 6.45) is 12.5. The van der Waals surface area contributed by atoms with Gasteiger partial charge in [0.15, 0.2) is 0 Å². The van der Waals surface area contributed by atoms with Crippen LogP contribution >= 0.6 is 0 Å². The number of nitrogens with zero attached hydrogens (tertiary/aromatic N) is 1. The Labute approximate surface area is 127 Å². The maximum atomic E-state index is 3.16. The molecule has 114 valence electrons. The van der Waals surface area contributed by atoms with E-state index in [1.54, 1.807) is 0 Å². The lowest BCUT2D eigenvalue weighted by molar-refractivity contribution is -0.870. The first-order valence-electron chi connectivity index (χ1n) is 8.32. The van der Waals surface area contributed by atoms with Gasteiger partial charge in [0.1, 0.15) is 0 Å². The van der Waals surface area contributed by atoms with Crippen molar-refractivity contribution < 1.29 is 4.48 Å². The van der Waals surface area contributed by atoms with Crippen molar-refractivity contribution in [1.29, 1.82) is 0 Å². The molecule has 20 heavy (non-hydrogen) atoms. The summed E-state index contributed by atoms with van der Waals surface area (Å²) in [5.74, 6) is 12.3. The predicted octanol–water partition coefficient (Wildman–Crippen LogP) is 4.62. The van der Waals surface area contributed by atoms with Crippen molar-refractivity contribution in [3.8, 4) is 23.7 Å². The second-order valence-electron chi connectivity index (χ2n) is 6.59. The first-order chi connectivity index (χ1) is 9.56. The largest absolute Gasteiger partial charge is 0.331 e. The number of quaternary nitrogens is 1. The fourth-order valence-electron chi connectivity index (χ4n) is 2.01. The summed E-state index contributed by atoms with van der Waals surface area (Å²) in [6.45, 7) is 3.48. The lowest BCUT2D eigenvalue weighted by Crippen LogP contribution is -2.35. The van der Waals surface area contributed by atoms with Gasteiger partial charge < -0.3 is 4.48 Å². The Morgan fingerprint density at radius 2 is 1.15 bits per heavy atom. The van der Waals surface area contributed by atoms with Crippen LogP contribution < -0.4 is 0 Å². The fraction of sp³-hybridized carbons (Fsp3) is 0.789. The average molecular weight is 276 g/mol. The van der Waals surface area contributed by atoms with Crippen LogP contribution in [0.2, 0.25) is 0 Å². The second kappa shape index (κ2) is 13.1. The minimum Gasteiger partial charge on any atom is -0.331 e. The zero-order valence-electron chi connectivity index (χ0n) is 14.2. The van der Waals surface area contributed by atoms with E-state index in [1.807, 2.05) is 0 Å². The van der Waals surface area contributed by atoms with Crippen molar-refractivity contribution in [1.82, 2.24) is 0 Å². The van der Waals surface area contributed by atoms with Crippen molar-refractivity contribution in [3.05, 3.63) is 0 Å². The minimum absolute atomic E-state index is 0.992. The molecule has 0 rings (SSSR count). The van der Waals surface area contributed by atoms with E-state index in [4.69, 9.17) is 0 Å². The van der Waals surface area contributed by atoms with Gasteiger partial charge in [0.05, 0.1) is 27.7 Å². The summed E-state index contributed by atoms with van der Waals surface area (Å²) >= 11 is 0. The molecule has 0 spiro atoms. The van der Waals surface area contributed by atoms with E-state index in [2.05, 4.69) is 51.7 Å². The van der Waals surface area contributed by atoms with E-state index in [0.717, 1.165) is 17.3 Å². The van der Waals surface area contributed by atoms with Gasteiger partial charge in [0.2, 0.25) is 0 Å². The maximum absolute atomic E-state index is 3.16. The summed E-state index contributed by atoms with van der Waals surface area (Å²) in [6, 6.07) is 0. The molecule has 0 aromatic heterocycles. The first kappa shape index (κ1) is 19.1. The minimum atomic E-state index is 0.992. The molecule has 0 saturated heterocycles. The number of hydrogen-bond acceptors (Lipinski definition) is 0. The molecule has 0 atom stereocenters. The third kappa shape index (κ3) is 17.1. The molecule has 0 aliphatic rings. The first-order valence-corrected chi connectivity index (χ1v) is 8.32. The van der Waals surface area contributed by atoms with Gasteiger partial charge in [0.25, 0.3) is 0 Å². The van der Waals surface area contributed by atoms with E-state index in [-0.39, 0.29) is 0 Å². The molecule has 0 heterocycles. The Kier molecular flexibility index (Phi) is 12.5. The van der Waals surface area contributed by atoms with Crippen LogP contribution in [0.3, 0.4) is 0 Å². The number of rotatable bonds is 10. The van der Waals surface area contributed by atoms with Gasteiger partial charge in [-0.3, -0.25) is 0 Å². The van der Waals surface area contributed by atoms with E-state index in [1.165, 1.54) is 57.9 Å². The maximum Gasteiger partial charge on any atom is 0.0780 e. The monoisotopic (exact) mass is 276 g/mol. The molecule has 0 amide bonds. The van der Waals surface area contributed by atoms with Crippen molar-refractivity contribution in [3.63, 3.8) is 0 Å². The molecule has 0 aliphatic carbocycles. The Hall–Kier alpha value is -0.920. The molecule has 0 N–H and O–H groups in total. The number of unbranched alkanes of at least 4 members (excludes halogenated alkanes) is 8. The lowest BCUT2D eigenvalue weighted by atomic mass is 10.1. The molecule has 0 unspecified atom stereocenters. The van der Waals surface area contributed by atoms with Crippen molar-refractivity contribution in [2.75, 3.05) is 27.7 Å². The van der Waals surface area contributed by atoms with Crippen LogP contribution in [0.15, 0.2) is 0 Å². The van der Waals surface area contributed by atoms with Crippen LogP contribution in [0.25, 0.3) is 0 Å². The molecule has 0 saturated carbocycles. The smallest absolute Gasteiger partial charge is 0.0780 e. The molecule has 0 aliphatic heterocycles. The summed E-state index contributed by atoms with van der Waals surface area (Å²) < 4.78 is 1.05. The highest BCUT2D eigenvalue weighted by atomic mass is 15.3. The highest BCUT2D eigenvalue weighted by Crippen LogP contribution is 2.06. The van der Waals surface area contributed by atoms with Crippen LogP contribution in [0.4, 0.5) is 0 Å². The van der Waals surface area contributed by atoms with Gasteiger partial charge in [-0.25, -0.2) is 0 Å². The van der Waals surface area contributed by atoms with E-state index >= 15 is 0 Å². The van der Waals surface area contributed by atoms with Crippen molar-refractivity contribution >= 4 is 0 Å². The highest BCUT2D eigenvalue weighted by molar-refractivity contribution is 5.25. The van der Waals surface area contributed by atoms with E-state index in [9.17, 15) is 0 Å². The van der Waals surface area contributed by atoms with Gasteiger partial charge in [-0.1, -0.05) is 50.9 Å². The van der Waals surface area contributed by atoms with Gasteiger partial charge in [-0.05, 0) is 31.1 Å². The number of hydrogen-bond donors (Lipinski definition) is 0. The second-order valence-corrected chi connectivity index (χ2v) is 6.59. The fourth-order valence-corrected chi connectivity index (χ4v) is 2.01. The molecule has 1 nitrogen and oxygen atoms in total. The molecule has 0 radical (unpaired) electrons. The molecule has 0 aromatic carbocycles. The molecule has 1 heteroatoms. The van der Waals surface area contributed by atoms with Crippen LogP contribution in [0.1, 0.15) is 71.1 Å². The highest BCUT2D eigenvalue weighted by Gasteiger charge is 2.04. The standard InChI is InChI=1S/C19H34N/c1-5-6-7-8-9-10-11-12-13-14-15-16-17-18-19-20(2,3)4/h5-11,16-19H2,1-4H3/q+1. The molecule has 0 bridgehead atoms. The quantitative estimate of drug-likeness (QED) is 0.310. The molecular formula is C19H34N+. The summed E-state index contributed by atoms with van der Waals surface area (Å²) in [4.78, 5) is 0. The normalized spacial score (nSPS) is 10.4. The van der Waals surface area contributed by atoms with E-state index in [0.29, 0.717) is 0 Å². The summed E-state index contributed by atoms with van der Waals surface area (Å²) in [5.41, 5.74) is 0. The zero-order chi connectivity index (χ0) is 15.1. The SMILES string of the molecule is CCCCCCCCC#CC#CCCCC[N+](C)(C)C. The lowest BCUT2D eigenvalue weighted by Gasteiger charge is -2.23. The average Bonchev–Trinajstić information content (AvgIpc) is 2.38. The van der Waals surface area contributed by atoms with Gasteiger partial charge in [0, 0.05) is 12.8 Å².